The second-order valence-corrected chi connectivity index (χ2v) is 11.7. The van der Waals surface area contributed by atoms with Gasteiger partial charge in [0, 0.05) is 37.2 Å². The normalized spacial score (nSPS) is 37.9. The molecule has 0 aliphatic carbocycles. The summed E-state index contributed by atoms with van der Waals surface area (Å²) in [4.78, 5) is 13.4. The summed E-state index contributed by atoms with van der Waals surface area (Å²) in [6.45, 7) is 3.14. The number of benzene rings is 1. The second-order valence-electron chi connectivity index (χ2n) is 10.1. The van der Waals surface area contributed by atoms with Gasteiger partial charge in [-0.05, 0) is 32.1 Å². The van der Waals surface area contributed by atoms with E-state index in [0.717, 1.165) is 12.8 Å². The third kappa shape index (κ3) is 6.59. The molecule has 0 spiro atoms. The van der Waals surface area contributed by atoms with Crippen LogP contribution in [0.15, 0.2) is 24.3 Å². The molecule has 3 fully saturated rings. The molecule has 0 radical (unpaired) electrons. The molecule has 12 heteroatoms. The molecule has 1 amide bonds. The number of thioether (sulfide) groups is 1. The van der Waals surface area contributed by atoms with E-state index in [4.69, 9.17) is 21.1 Å². The van der Waals surface area contributed by atoms with Crippen molar-refractivity contribution in [3.8, 4) is 0 Å². The van der Waals surface area contributed by atoms with Gasteiger partial charge in [-0.1, -0.05) is 18.2 Å². The average molecular weight is 562 g/mol. The maximum absolute atomic E-state index is 14.0. The number of rotatable bonds is 8. The lowest BCUT2D eigenvalue weighted by molar-refractivity contribution is -0.205. The van der Waals surface area contributed by atoms with Crippen molar-refractivity contribution in [2.45, 2.75) is 85.8 Å². The van der Waals surface area contributed by atoms with E-state index in [-0.39, 0.29) is 29.8 Å². The van der Waals surface area contributed by atoms with E-state index >= 15 is 0 Å². The lowest BCUT2D eigenvalue weighted by Gasteiger charge is -2.44. The summed E-state index contributed by atoms with van der Waals surface area (Å²) < 4.78 is 26.0. The average Bonchev–Trinajstić information content (AvgIpc) is 3.16. The van der Waals surface area contributed by atoms with Crippen LogP contribution in [0.2, 0.25) is 0 Å². The summed E-state index contributed by atoms with van der Waals surface area (Å²) in [5.41, 5.74) is -0.160. The number of aliphatic hydroxyl groups is 3. The van der Waals surface area contributed by atoms with Crippen LogP contribution in [0.4, 0.5) is 4.39 Å². The lowest BCUT2D eigenvalue weighted by Crippen LogP contribution is -2.65. The largest absolute Gasteiger partial charge is 0.388 e. The van der Waals surface area contributed by atoms with Gasteiger partial charge in [-0.25, -0.2) is 4.39 Å². The Morgan fingerprint density at radius 2 is 2.03 bits per heavy atom. The number of hydrogen-bond acceptors (Lipinski definition) is 9. The van der Waals surface area contributed by atoms with Crippen LogP contribution in [0.1, 0.15) is 25.3 Å². The van der Waals surface area contributed by atoms with E-state index in [1.807, 2.05) is 6.07 Å². The van der Waals surface area contributed by atoms with Crippen LogP contribution in [-0.4, -0.2) is 100 Å². The Labute approximate surface area is 225 Å². The summed E-state index contributed by atoms with van der Waals surface area (Å²) in [5.74, 6) is -0.490. The third-order valence-electron chi connectivity index (χ3n) is 7.58. The topological polar surface area (TPSA) is 132 Å². The number of hydrogen-bond donors (Lipinski definition) is 6. The van der Waals surface area contributed by atoms with Crippen molar-refractivity contribution < 1.29 is 34.0 Å². The summed E-state index contributed by atoms with van der Waals surface area (Å²) in [6, 6.07) is 5.37. The Morgan fingerprint density at radius 1 is 1.27 bits per heavy atom. The first-order chi connectivity index (χ1) is 17.7. The van der Waals surface area contributed by atoms with Crippen LogP contribution < -0.4 is 16.0 Å². The quantitative estimate of drug-likeness (QED) is 0.249. The summed E-state index contributed by atoms with van der Waals surface area (Å²) in [6.07, 6.45) is -2.24. The molecular formula is C25H37ClFN3O6S. The molecule has 3 aliphatic heterocycles. The zero-order chi connectivity index (χ0) is 26.7. The molecular weight excluding hydrogens is 525 g/mol. The summed E-state index contributed by atoms with van der Waals surface area (Å²) in [5, 5.41) is 40.1. The number of carbonyl (C=O) groups is 1. The highest BCUT2D eigenvalue weighted by atomic mass is 35.5. The van der Waals surface area contributed by atoms with Gasteiger partial charge < -0.3 is 40.7 Å². The monoisotopic (exact) mass is 561 g/mol. The molecule has 0 bridgehead atoms. The molecule has 6 N–H and O–H groups in total. The number of nitrogens with one attached hydrogen (secondary N) is 3. The van der Waals surface area contributed by atoms with Crippen LogP contribution in [0.3, 0.4) is 0 Å². The minimum Gasteiger partial charge on any atom is -0.388 e. The van der Waals surface area contributed by atoms with E-state index in [9.17, 15) is 24.5 Å². The highest BCUT2D eigenvalue weighted by molar-refractivity contribution is 7.99. The van der Waals surface area contributed by atoms with Crippen molar-refractivity contribution in [3.63, 3.8) is 0 Å². The highest BCUT2D eigenvalue weighted by Crippen LogP contribution is 2.31. The Kier molecular flexibility index (Phi) is 10.1. The van der Waals surface area contributed by atoms with Gasteiger partial charge in [0.05, 0.1) is 17.5 Å². The molecule has 37 heavy (non-hydrogen) atoms. The van der Waals surface area contributed by atoms with Crippen molar-refractivity contribution in [2.24, 2.45) is 5.92 Å². The number of aliphatic hydroxyl groups excluding tert-OH is 3. The van der Waals surface area contributed by atoms with Gasteiger partial charge >= 0.3 is 0 Å². The Morgan fingerprint density at radius 3 is 2.73 bits per heavy atom. The van der Waals surface area contributed by atoms with Crippen molar-refractivity contribution >= 4 is 29.3 Å². The molecule has 9 nitrogen and oxygen atoms in total. The van der Waals surface area contributed by atoms with Gasteiger partial charge in [0.15, 0.2) is 0 Å². The fourth-order valence-corrected chi connectivity index (χ4v) is 6.35. The fourth-order valence-electron chi connectivity index (χ4n) is 5.46. The Hall–Kier alpha value is -1.02. The fraction of sp³-hybridized carbons (Fsp3) is 0.720. The highest BCUT2D eigenvalue weighted by Gasteiger charge is 2.49. The minimum atomic E-state index is -1.43. The smallest absolute Gasteiger partial charge is 0.240 e. The van der Waals surface area contributed by atoms with E-state index in [2.05, 4.69) is 16.0 Å². The number of ether oxygens (including phenoxy) is 2. The molecule has 208 valence electrons. The van der Waals surface area contributed by atoms with E-state index < -0.39 is 47.3 Å². The minimum absolute atomic E-state index is 0.0811. The van der Waals surface area contributed by atoms with Crippen LogP contribution in [-0.2, 0) is 20.8 Å². The van der Waals surface area contributed by atoms with Gasteiger partial charge in [-0.3, -0.25) is 4.79 Å². The SMILES string of the molecule is CSC1O[C@H]([C@H](NC(=O)[C@H]2NC[C@@H]3CC(NCc4ccccc4F)CCO[C@H]32)[C@H](C)Cl)C(O)C(O)[C@H]1O. The first-order valence-corrected chi connectivity index (χ1v) is 14.4. The molecule has 3 aliphatic rings. The molecule has 4 rings (SSSR count). The Bertz CT molecular complexity index is 917. The molecule has 0 aromatic heterocycles. The number of carbonyl (C=O) groups excluding carboxylic acids is 1. The maximum Gasteiger partial charge on any atom is 0.240 e. The molecule has 3 saturated heterocycles. The van der Waals surface area contributed by atoms with Crippen molar-refractivity contribution in [1.82, 2.24) is 16.0 Å². The van der Waals surface area contributed by atoms with Gasteiger partial charge in [0.1, 0.15) is 41.7 Å². The van der Waals surface area contributed by atoms with Crippen LogP contribution >= 0.6 is 23.4 Å². The first kappa shape index (κ1) is 29.0. The van der Waals surface area contributed by atoms with Crippen LogP contribution in [0.5, 0.6) is 0 Å². The standard InChI is InChI=1S/C25H37ClFN3O6S/c1-12(26)17(23-20(32)19(31)21(33)25(36-23)37-2)30-24(34)18-22-14(11-29-18)9-15(7-8-35-22)28-10-13-5-3-4-6-16(13)27/h3-6,12,14-15,17-23,25,28-29,31-33H,7-11H2,1-2H3,(H,30,34)/t12-,14-,15?,17+,18-,19?,20?,21+,22+,23+,25?/m0/s1. The first-order valence-electron chi connectivity index (χ1n) is 12.7. The molecule has 3 heterocycles. The van der Waals surface area contributed by atoms with E-state index in [1.165, 1.54) is 17.8 Å². The molecule has 0 saturated carbocycles. The van der Waals surface area contributed by atoms with E-state index in [1.54, 1.807) is 25.3 Å². The van der Waals surface area contributed by atoms with Gasteiger partial charge in [0.25, 0.3) is 0 Å². The number of halogens is 2. The van der Waals surface area contributed by atoms with Gasteiger partial charge in [-0.15, -0.1) is 23.4 Å². The van der Waals surface area contributed by atoms with Crippen molar-refractivity contribution in [3.05, 3.63) is 35.6 Å². The third-order valence-corrected chi connectivity index (χ3v) is 8.70. The van der Waals surface area contributed by atoms with Crippen molar-refractivity contribution in [2.75, 3.05) is 19.4 Å². The second kappa shape index (κ2) is 12.9. The van der Waals surface area contributed by atoms with Gasteiger partial charge in [-0.2, -0.15) is 0 Å². The number of amides is 1. The molecule has 1 aromatic carbocycles. The predicted molar refractivity (Wildman–Crippen MR) is 139 cm³/mol. The number of fused-ring (bicyclic) bond motifs is 1. The summed E-state index contributed by atoms with van der Waals surface area (Å²) in [7, 11) is 0. The lowest BCUT2D eigenvalue weighted by atomic mass is 9.92. The number of alkyl halides is 1. The van der Waals surface area contributed by atoms with Gasteiger partial charge in [0.2, 0.25) is 5.91 Å². The van der Waals surface area contributed by atoms with Crippen LogP contribution in [0.25, 0.3) is 0 Å². The molecule has 11 atom stereocenters. The molecule has 1 aromatic rings. The summed E-state index contributed by atoms with van der Waals surface area (Å²) >= 11 is 7.60. The Balaban J connectivity index is 1.37. The van der Waals surface area contributed by atoms with E-state index in [0.29, 0.717) is 25.3 Å². The van der Waals surface area contributed by atoms with Crippen LogP contribution in [0, 0.1) is 11.7 Å². The zero-order valence-corrected chi connectivity index (χ0v) is 22.5. The van der Waals surface area contributed by atoms with Crippen molar-refractivity contribution in [1.29, 1.82) is 0 Å². The zero-order valence-electron chi connectivity index (χ0n) is 20.9. The predicted octanol–water partition coefficient (Wildman–Crippen LogP) is 0.334. The maximum atomic E-state index is 14.0. The molecule has 4 unspecified atom stereocenters.